The van der Waals surface area contributed by atoms with Crippen LogP contribution in [0.3, 0.4) is 0 Å². The fourth-order valence-electron chi connectivity index (χ4n) is 3.07. The van der Waals surface area contributed by atoms with Crippen LogP contribution < -0.4 is 15.6 Å². The van der Waals surface area contributed by atoms with Gasteiger partial charge < -0.3 is 19.8 Å². The minimum Gasteiger partial charge on any atom is -0.496 e. The summed E-state index contributed by atoms with van der Waals surface area (Å²) in [5.74, 6) is 0.815. The number of aryl methyl sites for hydroxylation is 1. The van der Waals surface area contributed by atoms with Crippen molar-refractivity contribution < 1.29 is 14.3 Å². The third-order valence-electron chi connectivity index (χ3n) is 4.60. The second-order valence-electron chi connectivity index (χ2n) is 6.58. The minimum absolute atomic E-state index is 0.0164. The molecule has 0 saturated heterocycles. The summed E-state index contributed by atoms with van der Waals surface area (Å²) in [5.41, 5.74) is 2.71. The van der Waals surface area contributed by atoms with Crippen molar-refractivity contribution in [1.29, 1.82) is 0 Å². The molecular formula is C21H23N3O4. The standard InChI is InChI=1S/C21H23N3O4/c1-12-5-8-18(27-3)16(9-12)13(2)22-11-19-23-17-10-14(21(26)28-4)6-7-15(17)20(25)24-19/h5-10,13,22H,11H2,1-4H3,(H,23,24,25). The van der Waals surface area contributed by atoms with Crippen LogP contribution in [-0.4, -0.2) is 30.2 Å². The molecule has 146 valence electrons. The normalized spacial score (nSPS) is 12.0. The molecule has 0 spiro atoms. The van der Waals surface area contributed by atoms with E-state index in [0.717, 1.165) is 16.9 Å². The lowest BCUT2D eigenvalue weighted by Crippen LogP contribution is -2.22. The van der Waals surface area contributed by atoms with E-state index in [2.05, 4.69) is 21.4 Å². The Labute approximate surface area is 162 Å². The number of aromatic nitrogens is 2. The zero-order valence-corrected chi connectivity index (χ0v) is 16.3. The highest BCUT2D eigenvalue weighted by Gasteiger charge is 2.13. The van der Waals surface area contributed by atoms with Gasteiger partial charge in [-0.15, -0.1) is 0 Å². The number of methoxy groups -OCH3 is 2. The van der Waals surface area contributed by atoms with Crippen LogP contribution in [-0.2, 0) is 11.3 Å². The number of rotatable bonds is 6. The molecular weight excluding hydrogens is 358 g/mol. The fourth-order valence-corrected chi connectivity index (χ4v) is 3.07. The van der Waals surface area contributed by atoms with Gasteiger partial charge in [0.15, 0.2) is 0 Å². The topological polar surface area (TPSA) is 93.3 Å². The van der Waals surface area contributed by atoms with Gasteiger partial charge in [-0.1, -0.05) is 17.7 Å². The average molecular weight is 381 g/mol. The molecule has 0 aliphatic carbocycles. The third-order valence-corrected chi connectivity index (χ3v) is 4.60. The summed E-state index contributed by atoms with van der Waals surface area (Å²) in [6.07, 6.45) is 0. The molecule has 2 N–H and O–H groups in total. The summed E-state index contributed by atoms with van der Waals surface area (Å²) in [7, 11) is 2.95. The molecule has 0 saturated carbocycles. The Bertz CT molecular complexity index is 1070. The number of hydrogen-bond acceptors (Lipinski definition) is 6. The summed E-state index contributed by atoms with van der Waals surface area (Å²) in [5, 5.41) is 3.77. The van der Waals surface area contributed by atoms with E-state index in [1.165, 1.54) is 7.11 Å². The van der Waals surface area contributed by atoms with Gasteiger partial charge in [-0.2, -0.15) is 0 Å². The molecule has 7 nitrogen and oxygen atoms in total. The zero-order valence-electron chi connectivity index (χ0n) is 16.3. The van der Waals surface area contributed by atoms with Gasteiger partial charge >= 0.3 is 5.97 Å². The monoisotopic (exact) mass is 381 g/mol. The van der Waals surface area contributed by atoms with Crippen LogP contribution in [0, 0.1) is 6.92 Å². The van der Waals surface area contributed by atoms with E-state index in [-0.39, 0.29) is 11.6 Å². The molecule has 28 heavy (non-hydrogen) atoms. The summed E-state index contributed by atoms with van der Waals surface area (Å²) < 4.78 is 10.2. The van der Waals surface area contributed by atoms with Crippen molar-refractivity contribution >= 4 is 16.9 Å². The second kappa shape index (κ2) is 8.22. The number of benzene rings is 2. The highest BCUT2D eigenvalue weighted by molar-refractivity contribution is 5.93. The van der Waals surface area contributed by atoms with E-state index >= 15 is 0 Å². The first-order chi connectivity index (χ1) is 13.4. The first-order valence-electron chi connectivity index (χ1n) is 8.92. The molecule has 3 rings (SSSR count). The minimum atomic E-state index is -0.469. The summed E-state index contributed by atoms with van der Waals surface area (Å²) in [6, 6.07) is 10.7. The lowest BCUT2D eigenvalue weighted by atomic mass is 10.0. The third kappa shape index (κ3) is 4.04. The molecule has 1 atom stereocenters. The van der Waals surface area contributed by atoms with Crippen molar-refractivity contribution in [3.63, 3.8) is 0 Å². The second-order valence-corrected chi connectivity index (χ2v) is 6.58. The maximum atomic E-state index is 12.4. The Morgan fingerprint density at radius 1 is 1.21 bits per heavy atom. The van der Waals surface area contributed by atoms with Crippen LogP contribution in [0.15, 0.2) is 41.2 Å². The number of H-pyrrole nitrogens is 1. The maximum absolute atomic E-state index is 12.4. The van der Waals surface area contributed by atoms with Crippen molar-refractivity contribution in [1.82, 2.24) is 15.3 Å². The Kier molecular flexibility index (Phi) is 5.75. The van der Waals surface area contributed by atoms with Gasteiger partial charge in [-0.25, -0.2) is 9.78 Å². The molecule has 0 bridgehead atoms. The molecule has 0 fully saturated rings. The first kappa shape index (κ1) is 19.6. The molecule has 1 heterocycles. The molecule has 7 heteroatoms. The Morgan fingerprint density at radius 3 is 2.71 bits per heavy atom. The molecule has 0 radical (unpaired) electrons. The summed E-state index contributed by atoms with van der Waals surface area (Å²) >= 11 is 0. The van der Waals surface area contributed by atoms with Crippen LogP contribution in [0.5, 0.6) is 5.75 Å². The number of carbonyl (C=O) groups excluding carboxylic acids is 1. The average Bonchev–Trinajstić information content (AvgIpc) is 2.70. The number of esters is 1. The molecule has 2 aromatic carbocycles. The Balaban J connectivity index is 1.85. The van der Waals surface area contributed by atoms with Gasteiger partial charge in [-0.3, -0.25) is 4.79 Å². The number of ether oxygens (including phenoxy) is 2. The molecule has 0 amide bonds. The Hall–Kier alpha value is -3.19. The van der Waals surface area contributed by atoms with Gasteiger partial charge in [0.25, 0.3) is 5.56 Å². The number of carbonyl (C=O) groups is 1. The maximum Gasteiger partial charge on any atom is 0.337 e. The van der Waals surface area contributed by atoms with Crippen LogP contribution in [0.1, 0.15) is 40.3 Å². The smallest absolute Gasteiger partial charge is 0.337 e. The predicted molar refractivity (Wildman–Crippen MR) is 107 cm³/mol. The quantitative estimate of drug-likeness (QED) is 0.638. The van der Waals surface area contributed by atoms with E-state index in [1.807, 2.05) is 26.0 Å². The van der Waals surface area contributed by atoms with Crippen LogP contribution in [0.2, 0.25) is 0 Å². The van der Waals surface area contributed by atoms with Crippen molar-refractivity contribution in [3.8, 4) is 5.75 Å². The van der Waals surface area contributed by atoms with Crippen LogP contribution in [0.4, 0.5) is 0 Å². The number of nitrogens with one attached hydrogen (secondary N) is 2. The SMILES string of the molecule is COC(=O)c1ccc2c(=O)[nH]c(CNC(C)c3cc(C)ccc3OC)nc2c1. The van der Waals surface area contributed by atoms with Crippen LogP contribution >= 0.6 is 0 Å². The van der Waals surface area contributed by atoms with E-state index in [0.29, 0.717) is 28.8 Å². The van der Waals surface area contributed by atoms with Gasteiger partial charge in [0.2, 0.25) is 0 Å². The molecule has 0 aliphatic heterocycles. The Morgan fingerprint density at radius 2 is 2.00 bits per heavy atom. The summed E-state index contributed by atoms with van der Waals surface area (Å²) in [4.78, 5) is 31.3. The highest BCUT2D eigenvalue weighted by atomic mass is 16.5. The van der Waals surface area contributed by atoms with E-state index in [9.17, 15) is 9.59 Å². The van der Waals surface area contributed by atoms with Crippen molar-refractivity contribution in [2.24, 2.45) is 0 Å². The van der Waals surface area contributed by atoms with E-state index < -0.39 is 5.97 Å². The van der Waals surface area contributed by atoms with Gasteiger partial charge in [0.05, 0.1) is 37.2 Å². The number of fused-ring (bicyclic) bond motifs is 1. The molecule has 3 aromatic rings. The van der Waals surface area contributed by atoms with Crippen molar-refractivity contribution in [2.75, 3.05) is 14.2 Å². The lowest BCUT2D eigenvalue weighted by molar-refractivity contribution is 0.0601. The van der Waals surface area contributed by atoms with Gasteiger partial charge in [-0.05, 0) is 38.1 Å². The molecule has 1 unspecified atom stereocenters. The lowest BCUT2D eigenvalue weighted by Gasteiger charge is -2.18. The summed E-state index contributed by atoms with van der Waals surface area (Å²) in [6.45, 7) is 4.40. The molecule has 1 aromatic heterocycles. The van der Waals surface area contributed by atoms with Gasteiger partial charge in [0, 0.05) is 11.6 Å². The number of hydrogen-bond donors (Lipinski definition) is 2. The largest absolute Gasteiger partial charge is 0.496 e. The molecule has 0 aliphatic rings. The first-order valence-corrected chi connectivity index (χ1v) is 8.92. The van der Waals surface area contributed by atoms with Crippen LogP contribution in [0.25, 0.3) is 10.9 Å². The predicted octanol–water partition coefficient (Wildman–Crippen LogP) is 2.88. The van der Waals surface area contributed by atoms with Crippen molar-refractivity contribution in [2.45, 2.75) is 26.4 Å². The highest BCUT2D eigenvalue weighted by Crippen LogP contribution is 2.26. The van der Waals surface area contributed by atoms with Crippen molar-refractivity contribution in [3.05, 3.63) is 69.3 Å². The fraction of sp³-hybridized carbons (Fsp3) is 0.286. The number of nitrogens with zero attached hydrogens (tertiary/aromatic N) is 1. The van der Waals surface area contributed by atoms with E-state index in [1.54, 1.807) is 25.3 Å². The number of aromatic amines is 1. The van der Waals surface area contributed by atoms with E-state index in [4.69, 9.17) is 9.47 Å². The van der Waals surface area contributed by atoms with Gasteiger partial charge in [0.1, 0.15) is 11.6 Å². The zero-order chi connectivity index (χ0) is 20.3.